The quantitative estimate of drug-likeness (QED) is 0.672. The van der Waals surface area contributed by atoms with E-state index in [9.17, 15) is 4.79 Å². The second kappa shape index (κ2) is 6.19. The highest BCUT2D eigenvalue weighted by molar-refractivity contribution is 7.12. The van der Waals surface area contributed by atoms with Crippen molar-refractivity contribution >= 4 is 46.7 Å². The van der Waals surface area contributed by atoms with E-state index in [-0.39, 0.29) is 5.91 Å². The van der Waals surface area contributed by atoms with Gasteiger partial charge in [-0.2, -0.15) is 5.10 Å². The summed E-state index contributed by atoms with van der Waals surface area (Å²) >= 11 is 13.3. The van der Waals surface area contributed by atoms with E-state index in [1.54, 1.807) is 18.2 Å². The Balaban J connectivity index is 2.09. The number of hydrazone groups is 1. The average molecular weight is 313 g/mol. The minimum atomic E-state index is -0.244. The van der Waals surface area contributed by atoms with E-state index in [2.05, 4.69) is 10.5 Å². The first-order valence-corrected chi connectivity index (χ1v) is 7.04. The second-order valence-electron chi connectivity index (χ2n) is 3.77. The zero-order valence-electron chi connectivity index (χ0n) is 9.98. The molecule has 0 aliphatic carbocycles. The van der Waals surface area contributed by atoms with E-state index >= 15 is 0 Å². The van der Waals surface area contributed by atoms with Gasteiger partial charge in [-0.25, -0.2) is 5.43 Å². The number of rotatable bonds is 3. The van der Waals surface area contributed by atoms with Crippen molar-refractivity contribution in [3.05, 3.63) is 55.7 Å². The van der Waals surface area contributed by atoms with Crippen LogP contribution in [0.4, 0.5) is 0 Å². The van der Waals surface area contributed by atoms with Gasteiger partial charge in [0.25, 0.3) is 5.91 Å². The number of nitrogens with one attached hydrogen (secondary N) is 1. The summed E-state index contributed by atoms with van der Waals surface area (Å²) in [6.07, 6.45) is 1.44. The fourth-order valence-electron chi connectivity index (χ4n) is 1.45. The number of nitrogens with zero attached hydrogens (tertiary/aromatic N) is 1. The van der Waals surface area contributed by atoms with Crippen LogP contribution in [0.3, 0.4) is 0 Å². The van der Waals surface area contributed by atoms with Crippen molar-refractivity contribution in [1.82, 2.24) is 5.43 Å². The molecule has 2 aromatic rings. The number of benzene rings is 1. The van der Waals surface area contributed by atoms with Gasteiger partial charge >= 0.3 is 0 Å². The van der Waals surface area contributed by atoms with Gasteiger partial charge in [-0.3, -0.25) is 4.79 Å². The molecule has 3 nitrogen and oxygen atoms in total. The van der Waals surface area contributed by atoms with Crippen molar-refractivity contribution in [1.29, 1.82) is 0 Å². The minimum absolute atomic E-state index is 0.244. The molecule has 0 aliphatic heterocycles. The molecule has 2 rings (SSSR count). The van der Waals surface area contributed by atoms with Gasteiger partial charge in [0.05, 0.1) is 21.1 Å². The summed E-state index contributed by atoms with van der Waals surface area (Å²) in [7, 11) is 0. The molecule has 19 heavy (non-hydrogen) atoms. The molecule has 0 radical (unpaired) electrons. The lowest BCUT2D eigenvalue weighted by Crippen LogP contribution is -2.17. The number of hydrogen-bond donors (Lipinski definition) is 1. The maximum absolute atomic E-state index is 11.8. The zero-order valence-corrected chi connectivity index (χ0v) is 12.3. The van der Waals surface area contributed by atoms with Gasteiger partial charge in [0, 0.05) is 5.56 Å². The number of halogens is 2. The molecule has 1 aromatic carbocycles. The molecule has 6 heteroatoms. The summed E-state index contributed by atoms with van der Waals surface area (Å²) in [6, 6.07) is 7.05. The van der Waals surface area contributed by atoms with E-state index in [1.807, 2.05) is 18.4 Å². The molecule has 0 atom stereocenters. The second-order valence-corrected chi connectivity index (χ2v) is 5.50. The Hall–Kier alpha value is -1.36. The number of carbonyl (C=O) groups excluding carboxylic acids is 1. The summed E-state index contributed by atoms with van der Waals surface area (Å²) in [6.45, 7) is 1.88. The molecular weight excluding hydrogens is 303 g/mol. The summed E-state index contributed by atoms with van der Waals surface area (Å²) < 4.78 is 0. The lowest BCUT2D eigenvalue weighted by Gasteiger charge is -2.01. The molecule has 1 N–H and O–H groups in total. The maximum Gasteiger partial charge on any atom is 0.281 e. The summed E-state index contributed by atoms with van der Waals surface area (Å²) in [5, 5.41) is 6.70. The van der Waals surface area contributed by atoms with Crippen molar-refractivity contribution in [3.63, 3.8) is 0 Å². The zero-order chi connectivity index (χ0) is 13.8. The molecule has 0 fully saturated rings. The van der Waals surface area contributed by atoms with Gasteiger partial charge in [0.2, 0.25) is 0 Å². The first-order valence-electron chi connectivity index (χ1n) is 5.41. The average Bonchev–Trinajstić information content (AvgIpc) is 2.79. The van der Waals surface area contributed by atoms with Gasteiger partial charge in [-0.15, -0.1) is 11.3 Å². The van der Waals surface area contributed by atoms with Crippen LogP contribution < -0.4 is 5.43 Å². The van der Waals surface area contributed by atoms with Crippen LogP contribution in [-0.2, 0) is 0 Å². The lowest BCUT2D eigenvalue weighted by atomic mass is 10.2. The van der Waals surface area contributed by atoms with Gasteiger partial charge in [-0.1, -0.05) is 29.3 Å². The third-order valence-electron chi connectivity index (χ3n) is 2.43. The van der Waals surface area contributed by atoms with Gasteiger partial charge < -0.3 is 0 Å². The van der Waals surface area contributed by atoms with E-state index < -0.39 is 0 Å². The van der Waals surface area contributed by atoms with E-state index in [4.69, 9.17) is 23.2 Å². The smallest absolute Gasteiger partial charge is 0.266 e. The van der Waals surface area contributed by atoms with Crippen LogP contribution in [0.2, 0.25) is 10.0 Å². The van der Waals surface area contributed by atoms with Crippen LogP contribution in [0, 0.1) is 6.92 Å². The number of hydrogen-bond acceptors (Lipinski definition) is 3. The Morgan fingerprint density at radius 3 is 2.58 bits per heavy atom. The molecule has 0 unspecified atom stereocenters. The molecule has 1 amide bonds. The molecule has 0 saturated heterocycles. The normalized spacial score (nSPS) is 10.9. The van der Waals surface area contributed by atoms with Crippen molar-refractivity contribution in [2.45, 2.75) is 6.92 Å². The predicted molar refractivity (Wildman–Crippen MR) is 80.6 cm³/mol. The van der Waals surface area contributed by atoms with E-state index in [0.717, 1.165) is 5.56 Å². The molecular formula is C13H10Cl2N2OS. The Bertz CT molecular complexity index is 617. The molecule has 0 spiro atoms. The standard InChI is InChI=1S/C13H10Cl2N2OS/c1-8-5-6-19-12(8)13(18)17-16-7-9-10(14)3-2-4-11(9)15/h2-7H,1H3,(H,17,18)/b16-7+. The first-order chi connectivity index (χ1) is 9.09. The maximum atomic E-state index is 11.8. The van der Waals surface area contributed by atoms with Crippen molar-refractivity contribution in [2.75, 3.05) is 0 Å². The summed E-state index contributed by atoms with van der Waals surface area (Å²) in [4.78, 5) is 12.4. The molecule has 98 valence electrons. The first kappa shape index (κ1) is 14.1. The Morgan fingerprint density at radius 1 is 1.32 bits per heavy atom. The van der Waals surface area contributed by atoms with E-state index in [1.165, 1.54) is 17.6 Å². The fourth-order valence-corrected chi connectivity index (χ4v) is 2.76. The Labute approximate surface area is 124 Å². The largest absolute Gasteiger partial charge is 0.281 e. The lowest BCUT2D eigenvalue weighted by molar-refractivity contribution is 0.0958. The molecule has 0 aliphatic rings. The number of amides is 1. The highest BCUT2D eigenvalue weighted by atomic mass is 35.5. The van der Waals surface area contributed by atoms with Crippen LogP contribution in [0.25, 0.3) is 0 Å². The van der Waals surface area contributed by atoms with Crippen LogP contribution in [0.5, 0.6) is 0 Å². The Morgan fingerprint density at radius 2 is 2.00 bits per heavy atom. The van der Waals surface area contributed by atoms with Crippen molar-refractivity contribution < 1.29 is 4.79 Å². The minimum Gasteiger partial charge on any atom is -0.266 e. The summed E-state index contributed by atoms with van der Waals surface area (Å²) in [5.74, 6) is -0.244. The molecule has 1 heterocycles. The SMILES string of the molecule is Cc1ccsc1C(=O)N/N=C/c1c(Cl)cccc1Cl. The third-order valence-corrected chi connectivity index (χ3v) is 4.10. The summed E-state index contributed by atoms with van der Waals surface area (Å²) in [5.41, 5.74) is 3.95. The number of aryl methyl sites for hydroxylation is 1. The molecule has 0 bridgehead atoms. The fraction of sp³-hybridized carbons (Fsp3) is 0.0769. The van der Waals surface area contributed by atoms with Crippen LogP contribution in [-0.4, -0.2) is 12.1 Å². The highest BCUT2D eigenvalue weighted by Crippen LogP contribution is 2.22. The van der Waals surface area contributed by atoms with Crippen molar-refractivity contribution in [3.8, 4) is 0 Å². The van der Waals surface area contributed by atoms with Gasteiger partial charge in [0.1, 0.15) is 0 Å². The van der Waals surface area contributed by atoms with Crippen LogP contribution in [0.1, 0.15) is 20.8 Å². The number of thiophene rings is 1. The highest BCUT2D eigenvalue weighted by Gasteiger charge is 2.09. The monoisotopic (exact) mass is 312 g/mol. The molecule has 1 aromatic heterocycles. The third kappa shape index (κ3) is 3.35. The van der Waals surface area contributed by atoms with Crippen molar-refractivity contribution in [2.24, 2.45) is 5.10 Å². The predicted octanol–water partition coefficient (Wildman–Crippen LogP) is 4.13. The topological polar surface area (TPSA) is 41.5 Å². The van der Waals surface area contributed by atoms with Crippen LogP contribution >= 0.6 is 34.5 Å². The van der Waals surface area contributed by atoms with E-state index in [0.29, 0.717) is 20.5 Å². The number of carbonyl (C=O) groups is 1. The van der Waals surface area contributed by atoms with Gasteiger partial charge in [0.15, 0.2) is 0 Å². The van der Waals surface area contributed by atoms with Crippen LogP contribution in [0.15, 0.2) is 34.7 Å². The van der Waals surface area contributed by atoms with Gasteiger partial charge in [-0.05, 0) is 36.1 Å². The molecule has 0 saturated carbocycles. The Kier molecular flexibility index (Phi) is 4.58.